The number of aromatic nitrogens is 1. The second kappa shape index (κ2) is 4.67. The second-order valence-electron chi connectivity index (χ2n) is 4.13. The summed E-state index contributed by atoms with van der Waals surface area (Å²) < 4.78 is 19.4. The molecule has 1 aliphatic rings. The topological polar surface area (TPSA) is 25.4 Å². The van der Waals surface area contributed by atoms with Crippen LogP contribution in [0.4, 0.5) is 10.2 Å². The molecular formula is C11H14BrFN2O. The molecule has 0 unspecified atom stereocenters. The molecule has 0 bridgehead atoms. The van der Waals surface area contributed by atoms with Crippen molar-refractivity contribution in [2.45, 2.75) is 26.1 Å². The number of halogens is 2. The van der Waals surface area contributed by atoms with Gasteiger partial charge in [-0.2, -0.15) is 0 Å². The van der Waals surface area contributed by atoms with Crippen LogP contribution in [0.2, 0.25) is 0 Å². The molecule has 0 aromatic carbocycles. The van der Waals surface area contributed by atoms with E-state index in [1.165, 1.54) is 12.1 Å². The second-order valence-corrected chi connectivity index (χ2v) is 4.94. The number of pyridine rings is 1. The van der Waals surface area contributed by atoms with Gasteiger partial charge in [-0.1, -0.05) is 0 Å². The Bertz CT molecular complexity index is 358. The molecule has 1 aromatic heterocycles. The van der Waals surface area contributed by atoms with E-state index >= 15 is 0 Å². The lowest BCUT2D eigenvalue weighted by molar-refractivity contribution is -0.00548. The van der Waals surface area contributed by atoms with E-state index in [9.17, 15) is 4.39 Å². The van der Waals surface area contributed by atoms with E-state index in [0.29, 0.717) is 10.4 Å². The first kappa shape index (κ1) is 11.8. The van der Waals surface area contributed by atoms with Gasteiger partial charge in [-0.05, 0) is 29.8 Å². The Morgan fingerprint density at radius 2 is 2.00 bits per heavy atom. The highest BCUT2D eigenvalue weighted by Gasteiger charge is 2.23. The van der Waals surface area contributed by atoms with E-state index in [2.05, 4.69) is 20.9 Å². The largest absolute Gasteiger partial charge is 0.372 e. The zero-order valence-corrected chi connectivity index (χ0v) is 10.9. The molecule has 5 heteroatoms. The summed E-state index contributed by atoms with van der Waals surface area (Å²) in [5, 5.41) is 0. The van der Waals surface area contributed by atoms with Crippen LogP contribution in [0.25, 0.3) is 0 Å². The predicted molar refractivity (Wildman–Crippen MR) is 64.1 cm³/mol. The third kappa shape index (κ3) is 2.71. The van der Waals surface area contributed by atoms with Gasteiger partial charge in [0.2, 0.25) is 0 Å². The van der Waals surface area contributed by atoms with Crippen LogP contribution in [-0.4, -0.2) is 30.3 Å². The Hall–Kier alpha value is -0.680. The summed E-state index contributed by atoms with van der Waals surface area (Å²) in [6.45, 7) is 5.51. The fraction of sp³-hybridized carbons (Fsp3) is 0.545. The number of ether oxygens (including phenoxy) is 1. The zero-order chi connectivity index (χ0) is 11.7. The van der Waals surface area contributed by atoms with E-state index in [1.807, 2.05) is 18.7 Å². The van der Waals surface area contributed by atoms with Crippen LogP contribution in [-0.2, 0) is 4.74 Å². The molecule has 0 amide bonds. The van der Waals surface area contributed by atoms with Crippen molar-refractivity contribution in [1.29, 1.82) is 0 Å². The number of rotatable bonds is 1. The van der Waals surface area contributed by atoms with Gasteiger partial charge in [0.05, 0.1) is 12.2 Å². The van der Waals surface area contributed by atoms with Crippen molar-refractivity contribution in [3.63, 3.8) is 0 Å². The minimum Gasteiger partial charge on any atom is -0.372 e. The highest BCUT2D eigenvalue weighted by atomic mass is 79.9. The molecule has 1 fully saturated rings. The minimum atomic E-state index is -0.274. The van der Waals surface area contributed by atoms with Crippen LogP contribution >= 0.6 is 15.9 Å². The smallest absolute Gasteiger partial charge is 0.132 e. The summed E-state index contributed by atoms with van der Waals surface area (Å²) >= 11 is 3.20. The summed E-state index contributed by atoms with van der Waals surface area (Å²) in [6, 6.07) is 2.81. The van der Waals surface area contributed by atoms with Crippen LogP contribution in [0.1, 0.15) is 13.8 Å². The molecule has 0 spiro atoms. The average Bonchev–Trinajstić information content (AvgIpc) is 2.14. The summed E-state index contributed by atoms with van der Waals surface area (Å²) in [7, 11) is 0. The van der Waals surface area contributed by atoms with Crippen LogP contribution in [0, 0.1) is 5.82 Å². The molecule has 1 saturated heterocycles. The molecule has 2 atom stereocenters. The molecule has 0 saturated carbocycles. The van der Waals surface area contributed by atoms with Gasteiger partial charge in [0.1, 0.15) is 16.2 Å². The maximum atomic E-state index is 13.2. The number of hydrogen-bond acceptors (Lipinski definition) is 3. The molecule has 0 aliphatic carbocycles. The monoisotopic (exact) mass is 288 g/mol. The number of hydrogen-bond donors (Lipinski definition) is 0. The van der Waals surface area contributed by atoms with Gasteiger partial charge in [0.25, 0.3) is 0 Å². The highest BCUT2D eigenvalue weighted by molar-refractivity contribution is 9.10. The van der Waals surface area contributed by atoms with Crippen LogP contribution in [0.15, 0.2) is 16.7 Å². The van der Waals surface area contributed by atoms with E-state index in [1.54, 1.807) is 0 Å². The van der Waals surface area contributed by atoms with E-state index in [4.69, 9.17) is 4.74 Å². The normalized spacial score (nSPS) is 25.9. The maximum Gasteiger partial charge on any atom is 0.132 e. The Morgan fingerprint density at radius 1 is 1.38 bits per heavy atom. The summed E-state index contributed by atoms with van der Waals surface area (Å²) in [6.07, 6.45) is 0.292. The molecule has 2 heterocycles. The van der Waals surface area contributed by atoms with Crippen molar-refractivity contribution >= 4 is 21.7 Å². The maximum absolute atomic E-state index is 13.2. The van der Waals surface area contributed by atoms with Crippen LogP contribution < -0.4 is 4.90 Å². The van der Waals surface area contributed by atoms with Crippen molar-refractivity contribution in [2.75, 3.05) is 18.0 Å². The number of anilines is 1. The van der Waals surface area contributed by atoms with E-state index < -0.39 is 0 Å². The van der Waals surface area contributed by atoms with Crippen LogP contribution in [0.5, 0.6) is 0 Å². The molecule has 1 aliphatic heterocycles. The van der Waals surface area contributed by atoms with Gasteiger partial charge in [-0.25, -0.2) is 9.37 Å². The van der Waals surface area contributed by atoms with Crippen molar-refractivity contribution in [3.8, 4) is 0 Å². The first-order chi connectivity index (χ1) is 7.54. The summed E-state index contributed by atoms with van der Waals surface area (Å²) in [5.41, 5.74) is 0. The number of morpholine rings is 1. The molecule has 16 heavy (non-hydrogen) atoms. The van der Waals surface area contributed by atoms with E-state index in [0.717, 1.165) is 13.1 Å². The molecule has 88 valence electrons. The van der Waals surface area contributed by atoms with Crippen molar-refractivity contribution in [3.05, 3.63) is 22.6 Å². The fourth-order valence-corrected chi connectivity index (χ4v) is 2.38. The molecular weight excluding hydrogens is 275 g/mol. The summed E-state index contributed by atoms with van der Waals surface area (Å²) in [5.74, 6) is 0.387. The van der Waals surface area contributed by atoms with Crippen molar-refractivity contribution in [2.24, 2.45) is 0 Å². The Labute approximate surface area is 103 Å². The van der Waals surface area contributed by atoms with Gasteiger partial charge in [-0.15, -0.1) is 0 Å². The third-order valence-corrected chi connectivity index (χ3v) is 2.90. The molecule has 0 radical (unpaired) electrons. The predicted octanol–water partition coefficient (Wildman–Crippen LogP) is 2.60. The van der Waals surface area contributed by atoms with Gasteiger partial charge < -0.3 is 9.64 Å². The lowest BCUT2D eigenvalue weighted by atomic mass is 10.2. The Morgan fingerprint density at radius 3 is 2.56 bits per heavy atom. The first-order valence-electron chi connectivity index (χ1n) is 5.28. The first-order valence-corrected chi connectivity index (χ1v) is 6.07. The van der Waals surface area contributed by atoms with Crippen molar-refractivity contribution < 1.29 is 9.13 Å². The standard InChI is InChI=1S/C11H14BrFN2O/c1-7-5-15(6-8(2)16-7)11-4-9(13)3-10(12)14-11/h3-4,7-8H,5-6H2,1-2H3/t7-,8+. The minimum absolute atomic E-state index is 0.146. The van der Waals surface area contributed by atoms with Crippen LogP contribution in [0.3, 0.4) is 0 Å². The third-order valence-electron chi connectivity index (χ3n) is 2.49. The zero-order valence-electron chi connectivity index (χ0n) is 9.28. The summed E-state index contributed by atoms with van der Waals surface area (Å²) in [4.78, 5) is 6.32. The Balaban J connectivity index is 2.22. The van der Waals surface area contributed by atoms with Crippen molar-refractivity contribution in [1.82, 2.24) is 4.98 Å². The highest BCUT2D eigenvalue weighted by Crippen LogP contribution is 2.21. The van der Waals surface area contributed by atoms with Gasteiger partial charge in [0.15, 0.2) is 0 Å². The van der Waals surface area contributed by atoms with Gasteiger partial charge in [-0.3, -0.25) is 0 Å². The molecule has 3 nitrogen and oxygen atoms in total. The quantitative estimate of drug-likeness (QED) is 0.743. The van der Waals surface area contributed by atoms with Gasteiger partial charge >= 0.3 is 0 Å². The lowest BCUT2D eigenvalue weighted by Crippen LogP contribution is -2.45. The Kier molecular flexibility index (Phi) is 3.44. The fourth-order valence-electron chi connectivity index (χ4n) is 1.98. The van der Waals surface area contributed by atoms with Gasteiger partial charge in [0, 0.05) is 25.2 Å². The van der Waals surface area contributed by atoms with E-state index in [-0.39, 0.29) is 18.0 Å². The average molecular weight is 289 g/mol. The SMILES string of the molecule is C[C@@H]1CN(c2cc(F)cc(Br)n2)C[C@H](C)O1. The number of nitrogens with zero attached hydrogens (tertiary/aromatic N) is 2. The molecule has 0 N–H and O–H groups in total. The molecule has 1 aromatic rings. The molecule has 2 rings (SSSR count). The lowest BCUT2D eigenvalue weighted by Gasteiger charge is -2.36.